The van der Waals surface area contributed by atoms with Gasteiger partial charge in [-0.05, 0) is 147 Å². The van der Waals surface area contributed by atoms with E-state index in [9.17, 15) is 0 Å². The molecule has 2 heterocycles. The molecule has 13 rings (SSSR count). The molecule has 2 aliphatic rings. The number of nitrogens with zero attached hydrogens (tertiary/aromatic N) is 3. The Balaban J connectivity index is 0.960. The van der Waals surface area contributed by atoms with Gasteiger partial charge in [-0.1, -0.05) is 143 Å². The van der Waals surface area contributed by atoms with Gasteiger partial charge in [-0.2, -0.15) is 0 Å². The molecule has 0 saturated heterocycles. The second kappa shape index (κ2) is 13.8. The maximum atomic E-state index is 2.47. The SMILES string of the molecule is CC1(C)c2ccccc2-c2ccc(N(c3ccc(-c4ccc5c(c4)c4c6ccn(-c7ccccc7)c6ccc4n5-c4ccccc4)cc3)c3ccc4c(c3)C(C)(C)c3ccccc3-4)cc21. The first-order valence-corrected chi connectivity index (χ1v) is 22.8. The Bertz CT molecular complexity index is 3590. The van der Waals surface area contributed by atoms with Crippen LogP contribution >= 0.6 is 0 Å². The maximum Gasteiger partial charge on any atom is 0.0548 e. The molecule has 0 fully saturated rings. The molecule has 0 amide bonds. The van der Waals surface area contributed by atoms with Crippen LogP contribution in [0.1, 0.15) is 49.9 Å². The highest BCUT2D eigenvalue weighted by atomic mass is 15.1. The first-order chi connectivity index (χ1) is 31.8. The second-order valence-corrected chi connectivity index (χ2v) is 19.0. The second-order valence-electron chi connectivity index (χ2n) is 19.0. The van der Waals surface area contributed by atoms with Gasteiger partial charge in [0.25, 0.3) is 0 Å². The van der Waals surface area contributed by atoms with E-state index in [1.807, 2.05) is 0 Å². The number of hydrogen-bond donors (Lipinski definition) is 0. The van der Waals surface area contributed by atoms with Gasteiger partial charge in [-0.3, -0.25) is 0 Å². The Hall–Kier alpha value is -7.88. The number of aromatic nitrogens is 2. The fourth-order valence-electron chi connectivity index (χ4n) is 11.5. The molecule has 0 aliphatic heterocycles. The molecule has 3 heteroatoms. The average Bonchev–Trinajstić information content (AvgIpc) is 4.05. The van der Waals surface area contributed by atoms with Crippen LogP contribution in [0.15, 0.2) is 212 Å². The summed E-state index contributed by atoms with van der Waals surface area (Å²) in [5.41, 5.74) is 22.3. The van der Waals surface area contributed by atoms with Crippen molar-refractivity contribution in [2.75, 3.05) is 4.90 Å². The van der Waals surface area contributed by atoms with Crippen molar-refractivity contribution >= 4 is 49.8 Å². The van der Waals surface area contributed by atoms with Gasteiger partial charge in [0, 0.05) is 61.6 Å². The highest BCUT2D eigenvalue weighted by molar-refractivity contribution is 6.21. The van der Waals surface area contributed by atoms with Crippen LogP contribution in [-0.4, -0.2) is 9.13 Å². The highest BCUT2D eigenvalue weighted by Crippen LogP contribution is 2.53. The largest absolute Gasteiger partial charge is 0.317 e. The molecule has 0 atom stereocenters. The number of rotatable bonds is 6. The molecule has 0 radical (unpaired) electrons. The van der Waals surface area contributed by atoms with Crippen molar-refractivity contribution in [3.05, 3.63) is 235 Å². The average molecular weight is 834 g/mol. The number of para-hydroxylation sites is 2. The predicted octanol–water partition coefficient (Wildman–Crippen LogP) is 16.5. The molecule has 2 aliphatic carbocycles. The Morgan fingerprint density at radius 2 is 0.846 bits per heavy atom. The van der Waals surface area contributed by atoms with Crippen molar-refractivity contribution < 1.29 is 0 Å². The molecular formula is C62H47N3. The topological polar surface area (TPSA) is 13.1 Å². The van der Waals surface area contributed by atoms with Gasteiger partial charge in [0.1, 0.15) is 0 Å². The summed E-state index contributed by atoms with van der Waals surface area (Å²) in [6.07, 6.45) is 2.21. The summed E-state index contributed by atoms with van der Waals surface area (Å²) in [7, 11) is 0. The normalized spacial score (nSPS) is 14.1. The quantitative estimate of drug-likeness (QED) is 0.163. The van der Waals surface area contributed by atoms with Crippen LogP contribution < -0.4 is 4.90 Å². The standard InChI is InChI=1S/C62H47N3/c1-61(2)53-21-13-11-19-47(53)49-30-28-45(38-55(49)61)64(46-29-31-50-48-20-12-14-22-54(48)62(3,4)56(50)39-46)44-26-23-40(24-27-44)41-25-32-58-52(37-41)60-51-35-36-63(42-15-7-5-8-16-42)57(51)33-34-59(60)65(58)43-17-9-6-10-18-43/h5-39H,1-4H3. The Morgan fingerprint density at radius 1 is 0.354 bits per heavy atom. The fourth-order valence-corrected chi connectivity index (χ4v) is 11.5. The van der Waals surface area contributed by atoms with Gasteiger partial charge in [0.05, 0.1) is 16.6 Å². The lowest BCUT2D eigenvalue weighted by atomic mass is 9.82. The van der Waals surface area contributed by atoms with Crippen LogP contribution in [0.5, 0.6) is 0 Å². The van der Waals surface area contributed by atoms with Crippen molar-refractivity contribution in [3.63, 3.8) is 0 Å². The molecule has 3 nitrogen and oxygen atoms in total. The number of fused-ring (bicyclic) bond motifs is 11. The molecule has 0 N–H and O–H groups in total. The third-order valence-corrected chi connectivity index (χ3v) is 14.8. The molecule has 0 bridgehead atoms. The zero-order valence-corrected chi connectivity index (χ0v) is 37.0. The summed E-state index contributed by atoms with van der Waals surface area (Å²) in [5, 5.41) is 3.76. The fraction of sp³-hybridized carbons (Fsp3) is 0.0968. The van der Waals surface area contributed by atoms with E-state index in [0.717, 1.165) is 28.4 Å². The zero-order chi connectivity index (χ0) is 43.6. The van der Waals surface area contributed by atoms with E-state index in [0.29, 0.717) is 0 Å². The van der Waals surface area contributed by atoms with Crippen LogP contribution in [0.25, 0.3) is 77.5 Å². The molecule has 310 valence electrons. The molecule has 11 aromatic rings. The summed E-state index contributed by atoms with van der Waals surface area (Å²) >= 11 is 0. The lowest BCUT2D eigenvalue weighted by molar-refractivity contribution is 0.660. The monoisotopic (exact) mass is 833 g/mol. The van der Waals surface area contributed by atoms with Crippen LogP contribution in [0.2, 0.25) is 0 Å². The van der Waals surface area contributed by atoms with Crippen LogP contribution in [0.3, 0.4) is 0 Å². The minimum atomic E-state index is -0.114. The third kappa shape index (κ3) is 5.48. The third-order valence-electron chi connectivity index (χ3n) is 14.8. The molecule has 9 aromatic carbocycles. The predicted molar refractivity (Wildman–Crippen MR) is 273 cm³/mol. The smallest absolute Gasteiger partial charge is 0.0548 e. The Kier molecular flexibility index (Phi) is 8.00. The minimum absolute atomic E-state index is 0.114. The van der Waals surface area contributed by atoms with E-state index in [1.54, 1.807) is 0 Å². The van der Waals surface area contributed by atoms with Crippen molar-refractivity contribution in [2.24, 2.45) is 0 Å². The molecule has 2 aromatic heterocycles. The van der Waals surface area contributed by atoms with Gasteiger partial charge in [-0.25, -0.2) is 0 Å². The highest BCUT2D eigenvalue weighted by Gasteiger charge is 2.37. The summed E-state index contributed by atoms with van der Waals surface area (Å²) in [4.78, 5) is 2.47. The summed E-state index contributed by atoms with van der Waals surface area (Å²) in [5.74, 6) is 0. The van der Waals surface area contributed by atoms with E-state index < -0.39 is 0 Å². The van der Waals surface area contributed by atoms with Gasteiger partial charge in [0.2, 0.25) is 0 Å². The van der Waals surface area contributed by atoms with E-state index in [-0.39, 0.29) is 10.8 Å². The minimum Gasteiger partial charge on any atom is -0.317 e. The molecule has 0 unspecified atom stereocenters. The number of benzene rings is 9. The summed E-state index contributed by atoms with van der Waals surface area (Å²) in [6, 6.07) is 76.5. The van der Waals surface area contributed by atoms with Crippen LogP contribution in [0, 0.1) is 0 Å². The van der Waals surface area contributed by atoms with E-state index >= 15 is 0 Å². The van der Waals surface area contributed by atoms with Crippen molar-refractivity contribution in [2.45, 2.75) is 38.5 Å². The molecule has 65 heavy (non-hydrogen) atoms. The van der Waals surface area contributed by atoms with Crippen LogP contribution in [0.4, 0.5) is 17.1 Å². The van der Waals surface area contributed by atoms with Crippen molar-refractivity contribution in [3.8, 4) is 44.8 Å². The Labute approximate surface area is 380 Å². The number of hydrogen-bond acceptors (Lipinski definition) is 1. The van der Waals surface area contributed by atoms with E-state index in [1.165, 1.54) is 88.3 Å². The zero-order valence-electron chi connectivity index (χ0n) is 37.0. The first-order valence-electron chi connectivity index (χ1n) is 22.8. The Morgan fingerprint density at radius 3 is 1.46 bits per heavy atom. The summed E-state index contributed by atoms with van der Waals surface area (Å²) < 4.78 is 4.72. The maximum absolute atomic E-state index is 2.47. The summed E-state index contributed by atoms with van der Waals surface area (Å²) in [6.45, 7) is 9.47. The lowest BCUT2D eigenvalue weighted by Crippen LogP contribution is -2.18. The van der Waals surface area contributed by atoms with Crippen molar-refractivity contribution in [1.82, 2.24) is 9.13 Å². The molecule has 0 spiro atoms. The van der Waals surface area contributed by atoms with Gasteiger partial charge >= 0.3 is 0 Å². The molecule has 0 saturated carbocycles. The van der Waals surface area contributed by atoms with Crippen molar-refractivity contribution in [1.29, 1.82) is 0 Å². The molecular weight excluding hydrogens is 787 g/mol. The van der Waals surface area contributed by atoms with Gasteiger partial charge < -0.3 is 14.0 Å². The van der Waals surface area contributed by atoms with Crippen LogP contribution in [-0.2, 0) is 10.8 Å². The van der Waals surface area contributed by atoms with E-state index in [4.69, 9.17) is 0 Å². The lowest BCUT2D eigenvalue weighted by Gasteiger charge is -2.30. The van der Waals surface area contributed by atoms with E-state index in [2.05, 4.69) is 254 Å². The van der Waals surface area contributed by atoms with Gasteiger partial charge in [0.15, 0.2) is 0 Å². The number of anilines is 3. The first kappa shape index (κ1) is 37.7. The van der Waals surface area contributed by atoms with Gasteiger partial charge in [-0.15, -0.1) is 0 Å².